The Hall–Kier alpha value is -5.02. The van der Waals surface area contributed by atoms with Gasteiger partial charge in [-0.2, -0.15) is 0 Å². The second-order valence-corrected chi connectivity index (χ2v) is 13.8. The van der Waals surface area contributed by atoms with Gasteiger partial charge in [0, 0.05) is 0 Å². The molecule has 0 radical (unpaired) electrons. The molecule has 0 fully saturated rings. The summed E-state index contributed by atoms with van der Waals surface area (Å²) in [7, 11) is 0. The zero-order valence-corrected chi connectivity index (χ0v) is 24.5. The Kier molecular flexibility index (Phi) is 4.42. The average Bonchev–Trinajstić information content (AvgIpc) is 3.77. The van der Waals surface area contributed by atoms with Crippen LogP contribution in [0.1, 0.15) is 47.4 Å². The third kappa shape index (κ3) is 2.72. The van der Waals surface area contributed by atoms with Crippen LogP contribution in [0.4, 0.5) is 0 Å². The molecule has 7 aromatic rings. The van der Waals surface area contributed by atoms with Gasteiger partial charge in [-0.05, 0) is 0 Å². The Labute approximate surface area is 253 Å². The first-order chi connectivity index (χ1) is 21.2. The number of rotatable bonds is 1. The van der Waals surface area contributed by atoms with E-state index < -0.39 is 5.41 Å². The fraction of sp³-hybridized carbons (Fsp3) is 0.0256. The van der Waals surface area contributed by atoms with Crippen LogP contribution >= 0.6 is 0 Å². The van der Waals surface area contributed by atoms with Crippen molar-refractivity contribution < 1.29 is 9.59 Å². The number of Topliss-reactive ketones (excluding diaryl/α,β-unsaturated/α-hetero) is 2. The molecule has 0 N–H and O–H groups in total. The maximum atomic E-state index is 13.4. The summed E-state index contributed by atoms with van der Waals surface area (Å²) in [6.07, 6.45) is 1.89. The first kappa shape index (κ1) is 23.5. The zero-order chi connectivity index (χ0) is 28.4. The topological polar surface area (TPSA) is 39.1 Å². The van der Waals surface area contributed by atoms with Gasteiger partial charge in [-0.1, -0.05) is 0 Å². The van der Waals surface area contributed by atoms with E-state index in [1.165, 1.54) is 59.7 Å². The van der Waals surface area contributed by atoms with Crippen molar-refractivity contribution in [1.82, 2.24) is 4.57 Å². The molecule has 0 unspecified atom stereocenters. The van der Waals surface area contributed by atoms with E-state index in [2.05, 4.69) is 102 Å². The van der Waals surface area contributed by atoms with Crippen molar-refractivity contribution in [3.8, 4) is 15.7 Å². The van der Waals surface area contributed by atoms with Crippen molar-refractivity contribution in [2.75, 3.05) is 0 Å². The van der Waals surface area contributed by atoms with Gasteiger partial charge in [-0.25, -0.2) is 0 Å². The van der Waals surface area contributed by atoms with Crippen LogP contribution in [0.25, 0.3) is 43.6 Å². The molecular weight excluding hydrogens is 593 g/mol. The van der Waals surface area contributed by atoms with Crippen LogP contribution in [-0.2, 0) is 5.41 Å². The van der Waals surface area contributed by atoms with Gasteiger partial charge in [0.2, 0.25) is 0 Å². The van der Waals surface area contributed by atoms with Crippen molar-refractivity contribution >= 4 is 54.0 Å². The van der Waals surface area contributed by atoms with Gasteiger partial charge in [0.25, 0.3) is 0 Å². The molecule has 1 aliphatic heterocycles. The summed E-state index contributed by atoms with van der Waals surface area (Å²) in [5, 5.41) is 2.49. The number of carbonyl (C=O) groups excluding carboxylic acids is 2. The van der Waals surface area contributed by atoms with Crippen LogP contribution in [0.15, 0.2) is 127 Å². The van der Waals surface area contributed by atoms with E-state index in [9.17, 15) is 9.59 Å². The van der Waals surface area contributed by atoms with Gasteiger partial charge in [0.05, 0.1) is 0 Å². The number of allylic oxidation sites excluding steroid dienone is 1. The van der Waals surface area contributed by atoms with Crippen molar-refractivity contribution in [2.45, 2.75) is 5.41 Å². The van der Waals surface area contributed by atoms with E-state index in [4.69, 9.17) is 0 Å². The minimum atomic E-state index is -0.499. The molecule has 5 aromatic carbocycles. The summed E-state index contributed by atoms with van der Waals surface area (Å²) in [5.74, 6) is -0.351. The quantitative estimate of drug-likeness (QED) is 0.107. The summed E-state index contributed by atoms with van der Waals surface area (Å²) >= 11 is -0.139. The predicted octanol–water partition coefficient (Wildman–Crippen LogP) is 7.98. The van der Waals surface area contributed by atoms with Crippen LogP contribution in [-0.4, -0.2) is 30.6 Å². The molecule has 2 aromatic heterocycles. The Morgan fingerprint density at radius 2 is 1.12 bits per heavy atom. The van der Waals surface area contributed by atoms with E-state index in [0.29, 0.717) is 11.1 Å². The van der Waals surface area contributed by atoms with Crippen molar-refractivity contribution in [1.29, 1.82) is 0 Å². The molecule has 0 bridgehead atoms. The van der Waals surface area contributed by atoms with Gasteiger partial charge >= 0.3 is 254 Å². The second kappa shape index (κ2) is 8.08. The summed E-state index contributed by atoms with van der Waals surface area (Å²) in [4.78, 5) is 26.8. The van der Waals surface area contributed by atoms with E-state index in [0.717, 1.165) is 4.44 Å². The number of aromatic nitrogens is 1. The number of nitrogens with zero attached hydrogens (tertiary/aromatic N) is 1. The Bertz CT molecular complexity index is 2370. The van der Waals surface area contributed by atoms with Gasteiger partial charge < -0.3 is 0 Å². The summed E-state index contributed by atoms with van der Waals surface area (Å²) < 4.78 is 4.78. The molecule has 3 nitrogen and oxygen atoms in total. The van der Waals surface area contributed by atoms with Crippen molar-refractivity contribution in [2.24, 2.45) is 0 Å². The molecule has 200 valence electrons. The first-order valence-corrected chi connectivity index (χ1v) is 16.2. The third-order valence-electron chi connectivity index (χ3n) is 9.58. The first-order valence-electron chi connectivity index (χ1n) is 14.4. The van der Waals surface area contributed by atoms with E-state index in [-0.39, 0.29) is 31.6 Å². The summed E-state index contributed by atoms with van der Waals surface area (Å²) in [6.45, 7) is 0. The summed E-state index contributed by atoms with van der Waals surface area (Å²) in [5.41, 5.74) is 10.8. The predicted molar refractivity (Wildman–Crippen MR) is 172 cm³/mol. The molecule has 10 rings (SSSR count). The maximum absolute atomic E-state index is 13.4. The minimum absolute atomic E-state index is 0.139. The number of para-hydroxylation sites is 2. The average molecular weight is 615 g/mol. The monoisotopic (exact) mass is 615 g/mol. The van der Waals surface area contributed by atoms with Crippen LogP contribution in [0.3, 0.4) is 0 Å². The number of benzene rings is 5. The molecule has 0 atom stereocenters. The zero-order valence-electron chi connectivity index (χ0n) is 22.8. The van der Waals surface area contributed by atoms with Gasteiger partial charge in [0.1, 0.15) is 0 Å². The van der Waals surface area contributed by atoms with E-state index in [1.807, 2.05) is 18.2 Å². The van der Waals surface area contributed by atoms with Crippen LogP contribution in [0, 0.1) is 0 Å². The molecule has 0 saturated carbocycles. The SMILES string of the molecule is O=C1C(=Cc2cc3c([se]2)-n2c4ccccc4c4cccc(c42)C32c3ccccc3-c3ccccc32)C(=O)c2ccccc21. The molecule has 3 heterocycles. The van der Waals surface area contributed by atoms with E-state index in [1.54, 1.807) is 12.1 Å². The number of fused-ring (bicyclic) bond motifs is 13. The molecule has 0 amide bonds. The normalized spacial score (nSPS) is 15.2. The number of carbonyl (C=O) groups is 2. The molecule has 43 heavy (non-hydrogen) atoms. The van der Waals surface area contributed by atoms with Gasteiger partial charge in [-0.15, -0.1) is 0 Å². The molecule has 4 heteroatoms. The second-order valence-electron chi connectivity index (χ2n) is 11.5. The molecular formula is C39H21NO2Se. The van der Waals surface area contributed by atoms with E-state index >= 15 is 0 Å². The number of hydrogen-bond acceptors (Lipinski definition) is 2. The molecule has 2 aliphatic carbocycles. The third-order valence-corrected chi connectivity index (χ3v) is 11.8. The Balaban J connectivity index is 1.35. The number of ketones is 2. The Morgan fingerprint density at radius 3 is 1.81 bits per heavy atom. The molecule has 3 aliphatic rings. The standard InChI is InChI=1S/C39H21NO2Se/c41-36-27-13-1-2-14-28(27)37(42)29(36)20-22-21-33-38(43-22)40-34-19-8-5-12-25(34)26-15-9-18-32(35(26)40)39(33)30-16-6-3-10-23(30)24-11-4-7-17-31(24)39/h1-21H. The van der Waals surface area contributed by atoms with Crippen LogP contribution < -0.4 is 0 Å². The number of hydrogen-bond donors (Lipinski definition) is 0. The fourth-order valence-electron chi connectivity index (χ4n) is 7.94. The van der Waals surface area contributed by atoms with Gasteiger partial charge in [-0.3, -0.25) is 0 Å². The molecule has 0 saturated heterocycles. The Morgan fingerprint density at radius 1 is 0.558 bits per heavy atom. The fourth-order valence-corrected chi connectivity index (χ4v) is 10.4. The van der Waals surface area contributed by atoms with Crippen LogP contribution in [0.2, 0.25) is 0 Å². The molecule has 1 spiro atoms. The van der Waals surface area contributed by atoms with Crippen molar-refractivity contribution in [3.05, 3.63) is 165 Å². The van der Waals surface area contributed by atoms with Crippen LogP contribution in [0.5, 0.6) is 0 Å². The van der Waals surface area contributed by atoms with Gasteiger partial charge in [0.15, 0.2) is 0 Å². The van der Waals surface area contributed by atoms with Crippen molar-refractivity contribution in [3.63, 3.8) is 0 Å². The summed E-state index contributed by atoms with van der Waals surface area (Å²) in [6, 6.07) is 42.5.